The van der Waals surface area contributed by atoms with Gasteiger partial charge < -0.3 is 5.32 Å². The van der Waals surface area contributed by atoms with Gasteiger partial charge in [-0.1, -0.05) is 36.4 Å². The van der Waals surface area contributed by atoms with E-state index in [1.807, 2.05) is 31.2 Å². The van der Waals surface area contributed by atoms with Crippen LogP contribution in [0.1, 0.15) is 33.5 Å². The molecule has 0 saturated carbocycles. The van der Waals surface area contributed by atoms with Crippen LogP contribution >= 0.6 is 0 Å². The van der Waals surface area contributed by atoms with E-state index >= 15 is 0 Å². The molecule has 0 unspecified atom stereocenters. The highest BCUT2D eigenvalue weighted by atomic mass is 16.1. The summed E-state index contributed by atoms with van der Waals surface area (Å²) in [5, 5.41) is 3.18. The predicted octanol–water partition coefficient (Wildman–Crippen LogP) is 3.31. The van der Waals surface area contributed by atoms with Crippen LogP contribution < -0.4 is 5.32 Å². The van der Waals surface area contributed by atoms with Gasteiger partial charge in [0, 0.05) is 31.2 Å². The zero-order chi connectivity index (χ0) is 16.2. The zero-order valence-corrected chi connectivity index (χ0v) is 13.9. The molecule has 1 fully saturated rings. The van der Waals surface area contributed by atoms with E-state index < -0.39 is 0 Å². The van der Waals surface area contributed by atoms with Crippen LogP contribution in [0.2, 0.25) is 0 Å². The van der Waals surface area contributed by atoms with Crippen molar-refractivity contribution in [3.8, 4) is 0 Å². The molecule has 0 radical (unpaired) electrons. The van der Waals surface area contributed by atoms with Crippen molar-refractivity contribution >= 4 is 5.91 Å². The average Bonchev–Trinajstić information content (AvgIpc) is 2.98. The summed E-state index contributed by atoms with van der Waals surface area (Å²) in [7, 11) is 0. The second-order valence-electron chi connectivity index (χ2n) is 6.48. The summed E-state index contributed by atoms with van der Waals surface area (Å²) in [5.41, 5.74) is 4.47. The van der Waals surface area contributed by atoms with Crippen molar-refractivity contribution < 1.29 is 4.79 Å². The lowest BCUT2D eigenvalue weighted by atomic mass is 10.1. The van der Waals surface area contributed by atoms with Gasteiger partial charge in [0.05, 0.1) is 0 Å². The van der Waals surface area contributed by atoms with Crippen LogP contribution in [0, 0.1) is 13.8 Å². The third-order valence-corrected chi connectivity index (χ3v) is 4.63. The fourth-order valence-electron chi connectivity index (χ4n) is 3.09. The van der Waals surface area contributed by atoms with Crippen molar-refractivity contribution in [2.75, 3.05) is 13.1 Å². The minimum atomic E-state index is 0.0414. The SMILES string of the molecule is Cc1ccc(C(=O)N[C@@H]2CCN(Cc3ccccc3)C2)cc1C. The maximum Gasteiger partial charge on any atom is 0.251 e. The van der Waals surface area contributed by atoms with Gasteiger partial charge >= 0.3 is 0 Å². The smallest absolute Gasteiger partial charge is 0.251 e. The van der Waals surface area contributed by atoms with Gasteiger partial charge in [-0.25, -0.2) is 0 Å². The molecule has 23 heavy (non-hydrogen) atoms. The summed E-state index contributed by atoms with van der Waals surface area (Å²) in [6.07, 6.45) is 1.02. The molecular formula is C20H24N2O. The van der Waals surface area contributed by atoms with Crippen molar-refractivity contribution in [2.45, 2.75) is 32.9 Å². The second kappa shape index (κ2) is 6.97. The van der Waals surface area contributed by atoms with E-state index in [1.165, 1.54) is 11.1 Å². The first-order chi connectivity index (χ1) is 11.1. The minimum Gasteiger partial charge on any atom is -0.348 e. The number of carbonyl (C=O) groups is 1. The lowest BCUT2D eigenvalue weighted by Crippen LogP contribution is -2.37. The molecular weight excluding hydrogens is 284 g/mol. The molecule has 1 heterocycles. The van der Waals surface area contributed by atoms with Gasteiger partial charge in [0.1, 0.15) is 0 Å². The third-order valence-electron chi connectivity index (χ3n) is 4.63. The largest absolute Gasteiger partial charge is 0.348 e. The van der Waals surface area contributed by atoms with Crippen LogP contribution in [0.15, 0.2) is 48.5 Å². The van der Waals surface area contributed by atoms with Crippen molar-refractivity contribution in [3.63, 3.8) is 0 Å². The van der Waals surface area contributed by atoms with Crippen LogP contribution in [0.3, 0.4) is 0 Å². The molecule has 3 rings (SSSR count). The Morgan fingerprint density at radius 2 is 1.91 bits per heavy atom. The molecule has 0 bridgehead atoms. The van der Waals surface area contributed by atoms with Crippen LogP contribution in [0.4, 0.5) is 0 Å². The number of hydrogen-bond acceptors (Lipinski definition) is 2. The summed E-state index contributed by atoms with van der Waals surface area (Å²) in [6.45, 7) is 7.02. The topological polar surface area (TPSA) is 32.3 Å². The molecule has 1 aliphatic heterocycles. The number of hydrogen-bond donors (Lipinski definition) is 1. The Morgan fingerprint density at radius 3 is 2.65 bits per heavy atom. The second-order valence-corrected chi connectivity index (χ2v) is 6.48. The average molecular weight is 308 g/mol. The summed E-state index contributed by atoms with van der Waals surface area (Å²) in [4.78, 5) is 14.8. The van der Waals surface area contributed by atoms with E-state index in [4.69, 9.17) is 0 Å². The molecule has 3 nitrogen and oxygen atoms in total. The summed E-state index contributed by atoms with van der Waals surface area (Å²) < 4.78 is 0. The Hall–Kier alpha value is -2.13. The lowest BCUT2D eigenvalue weighted by molar-refractivity contribution is 0.0937. The normalized spacial score (nSPS) is 18.1. The van der Waals surface area contributed by atoms with Gasteiger partial charge in [-0.2, -0.15) is 0 Å². The highest BCUT2D eigenvalue weighted by Gasteiger charge is 2.24. The summed E-state index contributed by atoms with van der Waals surface area (Å²) in [6, 6.07) is 16.6. The minimum absolute atomic E-state index is 0.0414. The zero-order valence-electron chi connectivity index (χ0n) is 13.9. The standard InChI is InChI=1S/C20H24N2O/c1-15-8-9-18(12-16(15)2)20(23)21-19-10-11-22(14-19)13-17-6-4-3-5-7-17/h3-9,12,19H,10-11,13-14H2,1-2H3,(H,21,23)/t19-/m1/s1. The molecule has 0 aliphatic carbocycles. The lowest BCUT2D eigenvalue weighted by Gasteiger charge is -2.17. The Bertz CT molecular complexity index is 681. The monoisotopic (exact) mass is 308 g/mol. The molecule has 1 amide bonds. The van der Waals surface area contributed by atoms with Crippen molar-refractivity contribution in [2.24, 2.45) is 0 Å². The maximum absolute atomic E-state index is 12.4. The highest BCUT2D eigenvalue weighted by molar-refractivity contribution is 5.94. The van der Waals surface area contributed by atoms with Gasteiger partial charge in [-0.15, -0.1) is 0 Å². The number of likely N-dealkylation sites (tertiary alicyclic amines) is 1. The fourth-order valence-corrected chi connectivity index (χ4v) is 3.09. The number of carbonyl (C=O) groups excluding carboxylic acids is 1. The van der Waals surface area contributed by atoms with E-state index in [1.54, 1.807) is 0 Å². The summed E-state index contributed by atoms with van der Waals surface area (Å²) >= 11 is 0. The molecule has 1 N–H and O–H groups in total. The number of aryl methyl sites for hydroxylation is 2. The maximum atomic E-state index is 12.4. The Morgan fingerprint density at radius 1 is 1.13 bits per heavy atom. The van der Waals surface area contributed by atoms with Gasteiger partial charge in [0.15, 0.2) is 0 Å². The Labute approximate surface area is 138 Å². The Balaban J connectivity index is 1.55. The van der Waals surface area contributed by atoms with Gasteiger partial charge in [-0.05, 0) is 49.1 Å². The summed E-state index contributed by atoms with van der Waals surface area (Å²) in [5.74, 6) is 0.0414. The van der Waals surface area contributed by atoms with Crippen LogP contribution in [0.25, 0.3) is 0 Å². The molecule has 2 aromatic carbocycles. The molecule has 2 aromatic rings. The van der Waals surface area contributed by atoms with Crippen LogP contribution in [-0.2, 0) is 6.54 Å². The van der Waals surface area contributed by atoms with E-state index in [-0.39, 0.29) is 11.9 Å². The van der Waals surface area contributed by atoms with E-state index in [2.05, 4.69) is 41.4 Å². The van der Waals surface area contributed by atoms with Crippen LogP contribution in [0.5, 0.6) is 0 Å². The van der Waals surface area contributed by atoms with Gasteiger partial charge in [-0.3, -0.25) is 9.69 Å². The first-order valence-corrected chi connectivity index (χ1v) is 8.26. The molecule has 3 heteroatoms. The quantitative estimate of drug-likeness (QED) is 0.940. The number of amides is 1. The van der Waals surface area contributed by atoms with Crippen molar-refractivity contribution in [1.29, 1.82) is 0 Å². The van der Waals surface area contributed by atoms with Crippen LogP contribution in [-0.4, -0.2) is 29.9 Å². The molecule has 1 aliphatic rings. The predicted molar refractivity (Wildman–Crippen MR) is 93.5 cm³/mol. The van der Waals surface area contributed by atoms with Gasteiger partial charge in [0.2, 0.25) is 0 Å². The third kappa shape index (κ3) is 3.99. The molecule has 120 valence electrons. The molecule has 1 saturated heterocycles. The molecule has 0 spiro atoms. The first-order valence-electron chi connectivity index (χ1n) is 8.26. The van der Waals surface area contributed by atoms with Gasteiger partial charge in [0.25, 0.3) is 5.91 Å². The Kier molecular flexibility index (Phi) is 4.77. The van der Waals surface area contributed by atoms with E-state index in [0.717, 1.165) is 37.2 Å². The number of rotatable bonds is 4. The highest BCUT2D eigenvalue weighted by Crippen LogP contribution is 2.15. The van der Waals surface area contributed by atoms with E-state index in [0.29, 0.717) is 0 Å². The van der Waals surface area contributed by atoms with Crippen molar-refractivity contribution in [1.82, 2.24) is 10.2 Å². The number of benzene rings is 2. The van der Waals surface area contributed by atoms with Crippen molar-refractivity contribution in [3.05, 3.63) is 70.8 Å². The molecule has 1 atom stereocenters. The number of nitrogens with zero attached hydrogens (tertiary/aromatic N) is 1. The van der Waals surface area contributed by atoms with E-state index in [9.17, 15) is 4.79 Å². The fraction of sp³-hybridized carbons (Fsp3) is 0.350. The number of nitrogens with one attached hydrogen (secondary N) is 1. The molecule has 0 aromatic heterocycles. The first kappa shape index (κ1) is 15.8.